The van der Waals surface area contributed by atoms with Gasteiger partial charge in [-0.05, 0) is 20.3 Å². The summed E-state index contributed by atoms with van der Waals surface area (Å²) in [5.74, 6) is -0.292. The van der Waals surface area contributed by atoms with E-state index in [1.165, 1.54) is 4.90 Å². The second-order valence-corrected chi connectivity index (χ2v) is 5.13. The molecule has 2 rings (SSSR count). The van der Waals surface area contributed by atoms with Gasteiger partial charge in [0, 0.05) is 19.2 Å². The number of nitrogens with zero attached hydrogens (tertiary/aromatic N) is 2. The number of carbonyl (C=O) groups is 2. The first-order valence-corrected chi connectivity index (χ1v) is 6.09. The largest absolute Gasteiger partial charge is 0.481 e. The Kier molecular flexibility index (Phi) is 3.46. The van der Waals surface area contributed by atoms with Gasteiger partial charge in [-0.3, -0.25) is 4.79 Å². The number of nitrogens with one attached hydrogen (secondary N) is 1. The van der Waals surface area contributed by atoms with E-state index in [2.05, 4.69) is 10.5 Å². The number of aryl methyl sites for hydroxylation is 1. The van der Waals surface area contributed by atoms with Crippen molar-refractivity contribution >= 4 is 12.0 Å². The van der Waals surface area contributed by atoms with Crippen LogP contribution in [0.2, 0.25) is 0 Å². The monoisotopic (exact) mass is 267 g/mol. The van der Waals surface area contributed by atoms with Gasteiger partial charge in [0.25, 0.3) is 0 Å². The van der Waals surface area contributed by atoms with Crippen molar-refractivity contribution in [1.82, 2.24) is 15.4 Å². The SMILES string of the molecule is Cc1cc(CNC(=O)N2CCC(C)(C(=O)O)C2)on1. The molecular weight excluding hydrogens is 250 g/mol. The number of urea groups is 1. The molecular formula is C12H17N3O4. The van der Waals surface area contributed by atoms with Crippen LogP contribution in [0.5, 0.6) is 0 Å². The molecule has 1 aliphatic heterocycles. The van der Waals surface area contributed by atoms with Crippen LogP contribution < -0.4 is 5.32 Å². The molecule has 19 heavy (non-hydrogen) atoms. The third-order valence-electron chi connectivity index (χ3n) is 3.37. The first-order valence-electron chi connectivity index (χ1n) is 6.09. The van der Waals surface area contributed by atoms with Crippen LogP contribution in [0.25, 0.3) is 0 Å². The lowest BCUT2D eigenvalue weighted by Gasteiger charge is -2.20. The van der Waals surface area contributed by atoms with Crippen molar-refractivity contribution in [3.8, 4) is 0 Å². The van der Waals surface area contributed by atoms with E-state index in [-0.39, 0.29) is 19.1 Å². The fourth-order valence-corrected chi connectivity index (χ4v) is 2.08. The Hall–Kier alpha value is -2.05. The molecule has 1 aliphatic rings. The summed E-state index contributed by atoms with van der Waals surface area (Å²) in [7, 11) is 0. The molecule has 0 aromatic carbocycles. The summed E-state index contributed by atoms with van der Waals surface area (Å²) in [6.45, 7) is 4.38. The minimum absolute atomic E-state index is 0.226. The number of rotatable bonds is 3. The van der Waals surface area contributed by atoms with E-state index in [1.54, 1.807) is 19.9 Å². The van der Waals surface area contributed by atoms with E-state index in [1.807, 2.05) is 0 Å². The van der Waals surface area contributed by atoms with Crippen LogP contribution in [0.4, 0.5) is 4.79 Å². The summed E-state index contributed by atoms with van der Waals surface area (Å²) in [5, 5.41) is 15.5. The third-order valence-corrected chi connectivity index (χ3v) is 3.37. The highest BCUT2D eigenvalue weighted by Crippen LogP contribution is 2.29. The van der Waals surface area contributed by atoms with Gasteiger partial charge in [-0.1, -0.05) is 5.16 Å². The number of aliphatic carboxylic acids is 1. The molecule has 2 amide bonds. The summed E-state index contributed by atoms with van der Waals surface area (Å²) in [6, 6.07) is 1.46. The van der Waals surface area contributed by atoms with Crippen molar-refractivity contribution in [3.05, 3.63) is 17.5 Å². The zero-order valence-corrected chi connectivity index (χ0v) is 11.0. The Morgan fingerprint density at radius 2 is 2.37 bits per heavy atom. The van der Waals surface area contributed by atoms with Gasteiger partial charge in [0.1, 0.15) is 0 Å². The molecule has 7 heteroatoms. The second kappa shape index (κ2) is 4.91. The number of carbonyl (C=O) groups excluding carboxylic acids is 1. The molecule has 104 valence electrons. The number of likely N-dealkylation sites (tertiary alicyclic amines) is 1. The standard InChI is InChI=1S/C12H17N3O4/c1-8-5-9(19-14-8)6-13-11(18)15-4-3-12(2,7-15)10(16)17/h5H,3-4,6-7H2,1-2H3,(H,13,18)(H,16,17). The first kappa shape index (κ1) is 13.4. The van der Waals surface area contributed by atoms with E-state index in [9.17, 15) is 9.59 Å². The second-order valence-electron chi connectivity index (χ2n) is 5.13. The molecule has 0 spiro atoms. The normalized spacial score (nSPS) is 22.5. The van der Waals surface area contributed by atoms with E-state index in [0.717, 1.165) is 5.69 Å². The summed E-state index contributed by atoms with van der Waals surface area (Å²) >= 11 is 0. The molecule has 2 N–H and O–H groups in total. The number of hydrogen-bond acceptors (Lipinski definition) is 4. The quantitative estimate of drug-likeness (QED) is 0.851. The van der Waals surface area contributed by atoms with Crippen LogP contribution in [-0.2, 0) is 11.3 Å². The minimum Gasteiger partial charge on any atom is -0.481 e. The molecule has 7 nitrogen and oxygen atoms in total. The first-order chi connectivity index (χ1) is 8.90. The van der Waals surface area contributed by atoms with E-state index < -0.39 is 11.4 Å². The Labute approximate surface area is 110 Å². The fourth-order valence-electron chi connectivity index (χ4n) is 2.08. The third kappa shape index (κ3) is 2.86. The highest BCUT2D eigenvalue weighted by molar-refractivity contribution is 5.79. The Morgan fingerprint density at radius 1 is 1.63 bits per heavy atom. The lowest BCUT2D eigenvalue weighted by atomic mass is 9.90. The van der Waals surface area contributed by atoms with Crippen molar-refractivity contribution in [3.63, 3.8) is 0 Å². The van der Waals surface area contributed by atoms with Gasteiger partial charge in [0.15, 0.2) is 5.76 Å². The molecule has 1 fully saturated rings. The molecule has 1 aromatic heterocycles. The van der Waals surface area contributed by atoms with E-state index >= 15 is 0 Å². The molecule has 1 atom stereocenters. The summed E-state index contributed by atoms with van der Waals surface area (Å²) < 4.78 is 4.98. The minimum atomic E-state index is -0.867. The van der Waals surface area contributed by atoms with Crippen LogP contribution in [0.3, 0.4) is 0 Å². The average Bonchev–Trinajstić information content (AvgIpc) is 2.94. The number of aromatic nitrogens is 1. The van der Waals surface area contributed by atoms with Crippen molar-refractivity contribution in [2.75, 3.05) is 13.1 Å². The zero-order chi connectivity index (χ0) is 14.0. The zero-order valence-electron chi connectivity index (χ0n) is 11.0. The van der Waals surface area contributed by atoms with Gasteiger partial charge in [0.05, 0.1) is 17.7 Å². The maximum atomic E-state index is 11.9. The number of amides is 2. The van der Waals surface area contributed by atoms with Gasteiger partial charge in [-0.2, -0.15) is 0 Å². The molecule has 0 radical (unpaired) electrons. The maximum Gasteiger partial charge on any atom is 0.317 e. The van der Waals surface area contributed by atoms with Crippen LogP contribution in [-0.4, -0.2) is 40.3 Å². The van der Waals surface area contributed by atoms with E-state index in [0.29, 0.717) is 18.7 Å². The number of carboxylic acids is 1. The van der Waals surface area contributed by atoms with Crippen molar-refractivity contribution in [1.29, 1.82) is 0 Å². The Bertz CT molecular complexity index is 499. The molecule has 0 saturated carbocycles. The van der Waals surface area contributed by atoms with Crippen molar-refractivity contribution < 1.29 is 19.2 Å². The van der Waals surface area contributed by atoms with Gasteiger partial charge < -0.3 is 19.8 Å². The van der Waals surface area contributed by atoms with Crippen molar-refractivity contribution in [2.45, 2.75) is 26.8 Å². The van der Waals surface area contributed by atoms with Gasteiger partial charge in [-0.15, -0.1) is 0 Å². The molecule has 1 aromatic rings. The average molecular weight is 267 g/mol. The Balaban J connectivity index is 1.86. The molecule has 0 aliphatic carbocycles. The summed E-state index contributed by atoms with van der Waals surface area (Å²) in [6.07, 6.45) is 0.469. The smallest absolute Gasteiger partial charge is 0.317 e. The van der Waals surface area contributed by atoms with Crippen LogP contribution in [0.1, 0.15) is 24.8 Å². The molecule has 0 bridgehead atoms. The highest BCUT2D eigenvalue weighted by atomic mass is 16.5. The summed E-state index contributed by atoms with van der Waals surface area (Å²) in [5.41, 5.74) is -0.0935. The Morgan fingerprint density at radius 3 is 2.89 bits per heavy atom. The topological polar surface area (TPSA) is 95.7 Å². The fraction of sp³-hybridized carbons (Fsp3) is 0.583. The van der Waals surface area contributed by atoms with Crippen LogP contribution in [0.15, 0.2) is 10.6 Å². The molecule has 2 heterocycles. The van der Waals surface area contributed by atoms with E-state index in [4.69, 9.17) is 9.63 Å². The van der Waals surface area contributed by atoms with Crippen LogP contribution in [0, 0.1) is 12.3 Å². The number of carboxylic acid groups (broad SMARTS) is 1. The lowest BCUT2D eigenvalue weighted by molar-refractivity contribution is -0.147. The highest BCUT2D eigenvalue weighted by Gasteiger charge is 2.42. The molecule has 1 unspecified atom stereocenters. The van der Waals surface area contributed by atoms with Gasteiger partial charge in [-0.25, -0.2) is 4.79 Å². The van der Waals surface area contributed by atoms with Gasteiger partial charge in [0.2, 0.25) is 0 Å². The van der Waals surface area contributed by atoms with Crippen LogP contribution >= 0.6 is 0 Å². The predicted molar refractivity (Wildman–Crippen MR) is 65.4 cm³/mol. The number of hydrogen-bond donors (Lipinski definition) is 2. The molecule has 1 saturated heterocycles. The maximum absolute atomic E-state index is 11.9. The van der Waals surface area contributed by atoms with Crippen molar-refractivity contribution in [2.24, 2.45) is 5.41 Å². The lowest BCUT2D eigenvalue weighted by Crippen LogP contribution is -2.40. The van der Waals surface area contributed by atoms with Gasteiger partial charge >= 0.3 is 12.0 Å². The predicted octanol–water partition coefficient (Wildman–Crippen LogP) is 0.989. The summed E-state index contributed by atoms with van der Waals surface area (Å²) in [4.78, 5) is 24.5.